The molecule has 3 rings (SSSR count). The number of carbonyl (C=O) groups is 1. The number of benzene rings is 1. The van der Waals surface area contributed by atoms with Gasteiger partial charge in [-0.1, -0.05) is 18.2 Å². The highest BCUT2D eigenvalue weighted by Crippen LogP contribution is 2.24. The zero-order valence-electron chi connectivity index (χ0n) is 11.9. The van der Waals surface area contributed by atoms with Crippen LogP contribution in [0, 0.1) is 5.82 Å². The van der Waals surface area contributed by atoms with Crippen molar-refractivity contribution in [1.29, 1.82) is 0 Å². The molecular weight excluding hydrogens is 307 g/mol. The fourth-order valence-corrected chi connectivity index (χ4v) is 2.32. The number of nitrogens with zero attached hydrogens (tertiary/aromatic N) is 1. The number of aromatic amines is 1. The third kappa shape index (κ3) is 3.21. The number of H-pyrrole nitrogens is 1. The molecule has 7 nitrogen and oxygen atoms in total. The van der Waals surface area contributed by atoms with Gasteiger partial charge in [-0.15, -0.1) is 0 Å². The van der Waals surface area contributed by atoms with E-state index in [4.69, 9.17) is 9.47 Å². The van der Waals surface area contributed by atoms with Crippen LogP contribution in [-0.2, 0) is 9.47 Å². The number of hydrogen-bond donors (Lipinski definition) is 1. The minimum atomic E-state index is -1.09. The van der Waals surface area contributed by atoms with Crippen LogP contribution >= 0.6 is 0 Å². The number of carbonyl (C=O) groups excluding carboxylic acids is 1. The van der Waals surface area contributed by atoms with Gasteiger partial charge >= 0.3 is 11.7 Å². The van der Waals surface area contributed by atoms with Crippen LogP contribution in [0.2, 0.25) is 0 Å². The Morgan fingerprint density at radius 3 is 2.78 bits per heavy atom. The van der Waals surface area contributed by atoms with Crippen LogP contribution in [0.1, 0.15) is 23.0 Å². The average Bonchev–Trinajstić information content (AvgIpc) is 3.00. The second-order valence-electron chi connectivity index (χ2n) is 5.06. The molecule has 2 atom stereocenters. The second kappa shape index (κ2) is 6.17. The Morgan fingerprint density at radius 1 is 1.30 bits per heavy atom. The number of nitrogens with one attached hydrogen (secondary N) is 1. The molecule has 1 aliphatic heterocycles. The average molecular weight is 320 g/mol. The van der Waals surface area contributed by atoms with Crippen LogP contribution in [0.5, 0.6) is 0 Å². The molecule has 0 saturated carbocycles. The first-order valence-corrected chi connectivity index (χ1v) is 6.93. The van der Waals surface area contributed by atoms with Crippen molar-refractivity contribution in [3.63, 3.8) is 0 Å². The Kier molecular flexibility index (Phi) is 4.07. The molecule has 0 aliphatic carbocycles. The molecule has 1 N–H and O–H groups in total. The smallest absolute Gasteiger partial charge is 0.338 e. The molecule has 2 aromatic rings. The van der Waals surface area contributed by atoms with Gasteiger partial charge in [0.25, 0.3) is 5.56 Å². The Balaban J connectivity index is 1.70. The standard InChI is InChI=1S/C15H13FN2O5/c16-11-7-18(15(21)17-13(11)19)12-6-10(8-22-12)23-14(20)9-4-2-1-3-5-9/h1-5,7,10,12H,6,8H2,(H,17,19,21)/t10-,12-/m1/s1. The third-order valence-corrected chi connectivity index (χ3v) is 3.46. The van der Waals surface area contributed by atoms with E-state index in [0.29, 0.717) is 5.56 Å². The quantitative estimate of drug-likeness (QED) is 0.846. The summed E-state index contributed by atoms with van der Waals surface area (Å²) < 4.78 is 24.9. The Morgan fingerprint density at radius 2 is 2.04 bits per heavy atom. The molecular formula is C15H13FN2O5. The SMILES string of the molecule is O=C(O[C@H]1CO[C@@H](n2cc(F)c(=O)[nH]c2=O)C1)c1ccccc1. The van der Waals surface area contributed by atoms with Crippen LogP contribution in [0.4, 0.5) is 4.39 Å². The van der Waals surface area contributed by atoms with Crippen molar-refractivity contribution in [2.45, 2.75) is 18.8 Å². The predicted octanol–water partition coefficient (Wildman–Crippen LogP) is 0.820. The highest BCUT2D eigenvalue weighted by Gasteiger charge is 2.31. The van der Waals surface area contributed by atoms with Gasteiger partial charge in [0.15, 0.2) is 0 Å². The van der Waals surface area contributed by atoms with E-state index in [9.17, 15) is 18.8 Å². The van der Waals surface area contributed by atoms with Gasteiger partial charge in [0.1, 0.15) is 12.3 Å². The summed E-state index contributed by atoms with van der Waals surface area (Å²) in [7, 11) is 0. The van der Waals surface area contributed by atoms with Crippen molar-refractivity contribution in [2.24, 2.45) is 0 Å². The second-order valence-corrected chi connectivity index (χ2v) is 5.06. The lowest BCUT2D eigenvalue weighted by atomic mass is 10.2. The van der Waals surface area contributed by atoms with E-state index in [1.54, 1.807) is 30.3 Å². The predicted molar refractivity (Wildman–Crippen MR) is 76.5 cm³/mol. The van der Waals surface area contributed by atoms with Gasteiger partial charge in [0.2, 0.25) is 5.82 Å². The molecule has 1 aromatic carbocycles. The van der Waals surface area contributed by atoms with Crippen LogP contribution in [0.25, 0.3) is 0 Å². The molecule has 23 heavy (non-hydrogen) atoms. The van der Waals surface area contributed by atoms with Crippen molar-refractivity contribution in [2.75, 3.05) is 6.61 Å². The molecule has 1 saturated heterocycles. The third-order valence-electron chi connectivity index (χ3n) is 3.46. The molecule has 1 aromatic heterocycles. The maximum absolute atomic E-state index is 13.3. The van der Waals surface area contributed by atoms with Crippen molar-refractivity contribution >= 4 is 5.97 Å². The summed E-state index contributed by atoms with van der Waals surface area (Å²) >= 11 is 0. The van der Waals surface area contributed by atoms with E-state index >= 15 is 0 Å². The first-order valence-electron chi connectivity index (χ1n) is 6.93. The van der Waals surface area contributed by atoms with E-state index in [-0.39, 0.29) is 13.0 Å². The maximum atomic E-state index is 13.3. The molecule has 0 bridgehead atoms. The number of rotatable bonds is 3. The minimum Gasteiger partial charge on any atom is -0.456 e. The van der Waals surface area contributed by atoms with E-state index in [1.165, 1.54) is 0 Å². The number of aromatic nitrogens is 2. The number of ether oxygens (including phenoxy) is 2. The lowest BCUT2D eigenvalue weighted by Crippen LogP contribution is -2.33. The fourth-order valence-electron chi connectivity index (χ4n) is 2.32. The van der Waals surface area contributed by atoms with E-state index in [1.807, 2.05) is 4.98 Å². The van der Waals surface area contributed by atoms with Crippen LogP contribution in [-0.4, -0.2) is 28.2 Å². The van der Waals surface area contributed by atoms with Crippen molar-refractivity contribution in [3.05, 3.63) is 68.7 Å². The Labute approximate surface area is 129 Å². The number of esters is 1. The molecule has 2 heterocycles. The summed E-state index contributed by atoms with van der Waals surface area (Å²) in [6, 6.07) is 8.46. The van der Waals surface area contributed by atoms with Gasteiger partial charge < -0.3 is 9.47 Å². The monoisotopic (exact) mass is 320 g/mol. The van der Waals surface area contributed by atoms with E-state index in [0.717, 1.165) is 10.8 Å². The zero-order valence-corrected chi connectivity index (χ0v) is 11.9. The molecule has 1 aliphatic rings. The molecule has 120 valence electrons. The van der Waals surface area contributed by atoms with Crippen LogP contribution in [0.15, 0.2) is 46.1 Å². The molecule has 8 heteroatoms. The van der Waals surface area contributed by atoms with Crippen molar-refractivity contribution < 1.29 is 18.7 Å². The highest BCUT2D eigenvalue weighted by molar-refractivity contribution is 5.89. The topological polar surface area (TPSA) is 90.4 Å². The summed E-state index contributed by atoms with van der Waals surface area (Å²) in [4.78, 5) is 36.5. The van der Waals surface area contributed by atoms with Crippen LogP contribution < -0.4 is 11.2 Å². The van der Waals surface area contributed by atoms with Gasteiger partial charge in [0.05, 0.1) is 18.4 Å². The first kappa shape index (κ1) is 15.2. The largest absolute Gasteiger partial charge is 0.456 e. The van der Waals surface area contributed by atoms with Gasteiger partial charge in [-0.05, 0) is 12.1 Å². The fraction of sp³-hybridized carbons (Fsp3) is 0.267. The maximum Gasteiger partial charge on any atom is 0.338 e. The van der Waals surface area contributed by atoms with E-state index < -0.39 is 35.4 Å². The molecule has 0 spiro atoms. The molecule has 1 fully saturated rings. The van der Waals surface area contributed by atoms with Gasteiger partial charge in [-0.2, -0.15) is 4.39 Å². The lowest BCUT2D eigenvalue weighted by molar-refractivity contribution is 0.0204. The molecule has 0 radical (unpaired) electrons. The Bertz CT molecular complexity index is 830. The summed E-state index contributed by atoms with van der Waals surface area (Å²) in [6.07, 6.45) is -0.394. The van der Waals surface area contributed by atoms with Crippen LogP contribution in [0.3, 0.4) is 0 Å². The summed E-state index contributed by atoms with van der Waals surface area (Å²) in [5.74, 6) is -1.59. The summed E-state index contributed by atoms with van der Waals surface area (Å²) in [6.45, 7) is 0.0798. The Hall–Kier alpha value is -2.74. The van der Waals surface area contributed by atoms with Gasteiger partial charge in [-0.25, -0.2) is 9.59 Å². The van der Waals surface area contributed by atoms with Crippen molar-refractivity contribution in [3.8, 4) is 0 Å². The summed E-state index contributed by atoms with van der Waals surface area (Å²) in [5, 5.41) is 0. The zero-order chi connectivity index (χ0) is 16.4. The summed E-state index contributed by atoms with van der Waals surface area (Å²) in [5.41, 5.74) is -1.46. The normalized spacial score (nSPS) is 20.4. The molecule has 0 unspecified atom stereocenters. The first-order chi connectivity index (χ1) is 11.0. The van der Waals surface area contributed by atoms with E-state index in [2.05, 4.69) is 0 Å². The highest BCUT2D eigenvalue weighted by atomic mass is 19.1. The number of halogens is 1. The van der Waals surface area contributed by atoms with Gasteiger partial charge in [0, 0.05) is 6.42 Å². The van der Waals surface area contributed by atoms with Gasteiger partial charge in [-0.3, -0.25) is 14.3 Å². The minimum absolute atomic E-state index is 0.0798. The number of hydrogen-bond acceptors (Lipinski definition) is 5. The van der Waals surface area contributed by atoms with Crippen molar-refractivity contribution in [1.82, 2.24) is 9.55 Å². The molecule has 0 amide bonds. The lowest BCUT2D eigenvalue weighted by Gasteiger charge is -2.12.